The van der Waals surface area contributed by atoms with Crippen LogP contribution in [0.1, 0.15) is 93.0 Å². The number of hydrogen-bond acceptors (Lipinski definition) is 3. The molecular weight excluding hydrogens is 240 g/mol. The average molecular weight is 293 g/mol. The highest BCUT2D eigenvalue weighted by molar-refractivity contribution is 5.10. The fourth-order valence-corrected chi connectivity index (χ4v) is 0.531. The van der Waals surface area contributed by atoms with Crippen LogP contribution >= 0.6 is 0 Å². The largest absolute Gasteiger partial charge is 0.396 e. The molecule has 0 aliphatic heterocycles. The Morgan fingerprint density at radius 1 is 0.842 bits per heavy atom. The molecule has 0 aromatic carbocycles. The highest BCUT2D eigenvalue weighted by Crippen LogP contribution is 1.98. The summed E-state index contributed by atoms with van der Waals surface area (Å²) in [6, 6.07) is 0. The van der Waals surface area contributed by atoms with Crippen LogP contribution in [0.3, 0.4) is 0 Å². The fourth-order valence-electron chi connectivity index (χ4n) is 0.531. The first kappa shape index (κ1) is 99.8. The predicted molar refractivity (Wildman–Crippen MR) is 100 cm³/mol. The van der Waals surface area contributed by atoms with Crippen LogP contribution in [-0.4, -0.2) is 29.7 Å². The van der Waals surface area contributed by atoms with Gasteiger partial charge in [-0.3, -0.25) is 0 Å². The van der Waals surface area contributed by atoms with Crippen LogP contribution < -0.4 is 0 Å². The first-order valence-corrected chi connectivity index (χ1v) is 3.39. The van der Waals surface area contributed by atoms with E-state index in [9.17, 15) is 0 Å². The zero-order valence-corrected chi connectivity index (χ0v) is 6.42. The Morgan fingerprint density at radius 2 is 1.11 bits per heavy atom. The lowest BCUT2D eigenvalue weighted by atomic mass is 10.2. The summed E-state index contributed by atoms with van der Waals surface area (Å²) >= 11 is 0. The lowest BCUT2D eigenvalue weighted by Crippen LogP contribution is -2.04. The number of aliphatic hydroxyl groups is 2. The van der Waals surface area contributed by atoms with Gasteiger partial charge in [0.15, 0.2) is 0 Å². The number of rotatable bonds is 4. The molecule has 0 amide bonds. The van der Waals surface area contributed by atoms with Crippen molar-refractivity contribution in [2.75, 3.05) is 6.61 Å². The summed E-state index contributed by atoms with van der Waals surface area (Å²) in [6.07, 6.45) is 2.03. The maximum atomic E-state index is 8.88. The molecule has 0 bridgehead atoms. The van der Waals surface area contributed by atoms with Gasteiger partial charge in [-0.25, -0.2) is 0 Å². The molecule has 0 heterocycles. The van der Waals surface area contributed by atoms with Crippen molar-refractivity contribution < 1.29 is 15.0 Å². The van der Waals surface area contributed by atoms with Crippen LogP contribution in [0.5, 0.6) is 0 Å². The van der Waals surface area contributed by atoms with Gasteiger partial charge in [-0.2, -0.15) is 0 Å². The fraction of sp³-hybridized carbons (Fsp3) is 0.938. The number of aliphatic hydroxyl groups excluding tert-OH is 2. The highest BCUT2D eigenvalue weighted by atomic mass is 16.3. The standard InChI is InChI=1S/C6H14O2.CH2O.9CH4/c1-2-6(8)4-3-5-7;1-2;;;;;;;;;/h6-8H,2-5H2,1H3;1H2;9*1H4. The van der Waals surface area contributed by atoms with Gasteiger partial charge in [-0.15, -0.1) is 0 Å². The molecular formula is C16H52O3. The maximum absolute atomic E-state index is 8.88. The number of carbonyl (C=O) groups is 1. The lowest BCUT2D eigenvalue weighted by Gasteiger charge is -2.03. The molecule has 0 spiro atoms. The lowest BCUT2D eigenvalue weighted by molar-refractivity contribution is -0.0979. The van der Waals surface area contributed by atoms with Gasteiger partial charge in [0.05, 0.1) is 6.10 Å². The predicted octanol–water partition coefficient (Wildman–Crippen LogP) is 6.07. The van der Waals surface area contributed by atoms with E-state index in [1.807, 2.05) is 13.7 Å². The van der Waals surface area contributed by atoms with E-state index in [2.05, 4.69) is 0 Å². The van der Waals surface area contributed by atoms with Crippen molar-refractivity contribution in [3.05, 3.63) is 0 Å². The minimum absolute atomic E-state index is 0. The zero-order valence-electron chi connectivity index (χ0n) is 6.42. The van der Waals surface area contributed by atoms with E-state index in [0.717, 1.165) is 19.3 Å². The Labute approximate surface area is 128 Å². The van der Waals surface area contributed by atoms with Crippen molar-refractivity contribution in [3.63, 3.8) is 0 Å². The third kappa shape index (κ3) is 137. The SMILES string of the molecule is C.C.C.C.C.C.C.C.C.C=O.CCC(O)CCCO. The highest BCUT2D eigenvalue weighted by Gasteiger charge is 1.96. The molecule has 0 saturated heterocycles. The molecule has 19 heavy (non-hydrogen) atoms. The average Bonchev–Trinajstić information content (AvgIpc) is 2.04. The molecule has 3 heteroatoms. The van der Waals surface area contributed by atoms with Gasteiger partial charge in [0.25, 0.3) is 0 Å². The van der Waals surface area contributed by atoms with Crippen LogP contribution in [0.2, 0.25) is 0 Å². The molecule has 0 aromatic rings. The summed E-state index contributed by atoms with van der Waals surface area (Å²) < 4.78 is 0. The summed E-state index contributed by atoms with van der Waals surface area (Å²) in [6.45, 7) is 4.12. The van der Waals surface area contributed by atoms with Crippen LogP contribution in [0.15, 0.2) is 0 Å². The summed E-state index contributed by atoms with van der Waals surface area (Å²) in [5.74, 6) is 0. The van der Waals surface area contributed by atoms with Crippen LogP contribution in [0.25, 0.3) is 0 Å². The normalized spacial score (nSPS) is 6.05. The molecule has 134 valence electrons. The number of hydrogen-bond donors (Lipinski definition) is 2. The second-order valence-corrected chi connectivity index (χ2v) is 1.93. The van der Waals surface area contributed by atoms with Gasteiger partial charge in [0.2, 0.25) is 0 Å². The molecule has 0 rings (SSSR count). The van der Waals surface area contributed by atoms with Crippen LogP contribution in [0.4, 0.5) is 0 Å². The molecule has 2 N–H and O–H groups in total. The molecule has 0 aromatic heterocycles. The van der Waals surface area contributed by atoms with Gasteiger partial charge in [-0.05, 0) is 19.3 Å². The molecule has 0 aliphatic rings. The van der Waals surface area contributed by atoms with E-state index in [0.29, 0.717) is 0 Å². The van der Waals surface area contributed by atoms with E-state index in [4.69, 9.17) is 15.0 Å². The van der Waals surface area contributed by atoms with Gasteiger partial charge in [0, 0.05) is 6.61 Å². The molecule has 0 saturated carbocycles. The van der Waals surface area contributed by atoms with Gasteiger partial charge < -0.3 is 15.0 Å². The van der Waals surface area contributed by atoms with Crippen molar-refractivity contribution in [1.82, 2.24) is 0 Å². The maximum Gasteiger partial charge on any atom is 0.106 e. The van der Waals surface area contributed by atoms with Crippen LogP contribution in [-0.2, 0) is 4.79 Å². The Hall–Kier alpha value is -0.410. The first-order chi connectivity index (χ1) is 4.81. The van der Waals surface area contributed by atoms with E-state index >= 15 is 0 Å². The third-order valence-electron chi connectivity index (χ3n) is 1.17. The molecule has 0 fully saturated rings. The monoisotopic (exact) mass is 292 g/mol. The van der Waals surface area contributed by atoms with Crippen molar-refractivity contribution >= 4 is 6.79 Å². The third-order valence-corrected chi connectivity index (χ3v) is 1.17. The van der Waals surface area contributed by atoms with Crippen molar-refractivity contribution in [2.45, 2.75) is 99.1 Å². The second kappa shape index (κ2) is 111. The topological polar surface area (TPSA) is 57.5 Å². The summed E-state index contributed by atoms with van der Waals surface area (Å²) in [4.78, 5) is 8.00. The quantitative estimate of drug-likeness (QED) is 0.661. The summed E-state index contributed by atoms with van der Waals surface area (Å²) in [7, 11) is 0. The molecule has 1 atom stereocenters. The molecule has 0 radical (unpaired) electrons. The van der Waals surface area contributed by atoms with Crippen molar-refractivity contribution in [3.8, 4) is 0 Å². The van der Waals surface area contributed by atoms with E-state index < -0.39 is 0 Å². The first-order valence-electron chi connectivity index (χ1n) is 3.39. The smallest absolute Gasteiger partial charge is 0.106 e. The van der Waals surface area contributed by atoms with E-state index in [-0.39, 0.29) is 79.6 Å². The minimum Gasteiger partial charge on any atom is -0.396 e. The molecule has 1 unspecified atom stereocenters. The Balaban J connectivity index is -0.00000000618. The molecule has 3 nitrogen and oxygen atoms in total. The Morgan fingerprint density at radius 3 is 1.26 bits per heavy atom. The Kier molecular flexibility index (Phi) is 586. The van der Waals surface area contributed by atoms with E-state index in [1.54, 1.807) is 0 Å². The Bertz CT molecular complexity index is 60.0. The number of carbonyl (C=O) groups excluding carboxylic acids is 1. The second-order valence-electron chi connectivity index (χ2n) is 1.93. The zero-order chi connectivity index (χ0) is 8.41. The van der Waals surface area contributed by atoms with Crippen molar-refractivity contribution in [1.29, 1.82) is 0 Å². The van der Waals surface area contributed by atoms with Crippen LogP contribution in [0, 0.1) is 0 Å². The van der Waals surface area contributed by atoms with Crippen molar-refractivity contribution in [2.24, 2.45) is 0 Å². The minimum atomic E-state index is -0.206. The van der Waals surface area contributed by atoms with Gasteiger partial charge >= 0.3 is 0 Å². The van der Waals surface area contributed by atoms with Gasteiger partial charge in [-0.1, -0.05) is 73.8 Å². The van der Waals surface area contributed by atoms with Gasteiger partial charge in [0.1, 0.15) is 6.79 Å². The summed E-state index contributed by atoms with van der Waals surface area (Å²) in [5.41, 5.74) is 0. The van der Waals surface area contributed by atoms with E-state index in [1.165, 1.54) is 0 Å². The summed E-state index contributed by atoms with van der Waals surface area (Å²) in [5, 5.41) is 17.2. The molecule has 0 aliphatic carbocycles.